The van der Waals surface area contributed by atoms with Gasteiger partial charge in [-0.3, -0.25) is 10.1 Å². The number of amides is 3. The molecule has 0 aliphatic carbocycles. The summed E-state index contributed by atoms with van der Waals surface area (Å²) in [4.78, 5) is 35.6. The SMILES string of the molecule is O=C(COC(=O)c1ccc(OCc2ccccc2)cc1)NC(=O)Nc1ccccc1F. The molecule has 3 aromatic rings. The fourth-order valence-electron chi connectivity index (χ4n) is 2.52. The summed E-state index contributed by atoms with van der Waals surface area (Å²) in [6.07, 6.45) is 0. The van der Waals surface area contributed by atoms with Gasteiger partial charge in [0.1, 0.15) is 18.2 Å². The van der Waals surface area contributed by atoms with Crippen LogP contribution in [0.5, 0.6) is 5.75 Å². The molecular weight excluding hydrogens is 403 g/mol. The Bertz CT molecular complexity index is 1060. The molecule has 158 valence electrons. The Labute approximate surface area is 177 Å². The topological polar surface area (TPSA) is 93.7 Å². The summed E-state index contributed by atoms with van der Waals surface area (Å²) >= 11 is 0. The number of hydrogen-bond acceptors (Lipinski definition) is 5. The van der Waals surface area contributed by atoms with Crippen LogP contribution < -0.4 is 15.4 Å². The Balaban J connectivity index is 1.42. The average molecular weight is 422 g/mol. The minimum atomic E-state index is -0.939. The van der Waals surface area contributed by atoms with Crippen molar-refractivity contribution in [3.63, 3.8) is 0 Å². The standard InChI is InChI=1S/C23H19FN2O5/c24-19-8-4-5-9-20(19)25-23(29)26-21(27)15-31-22(28)17-10-12-18(13-11-17)30-14-16-6-2-1-3-7-16/h1-13H,14-15H2,(H2,25,26,27,29). The van der Waals surface area contributed by atoms with E-state index in [1.165, 1.54) is 30.3 Å². The number of imide groups is 1. The van der Waals surface area contributed by atoms with Gasteiger partial charge >= 0.3 is 12.0 Å². The van der Waals surface area contributed by atoms with Gasteiger partial charge in [0.15, 0.2) is 6.61 Å². The Morgan fingerprint density at radius 1 is 0.839 bits per heavy atom. The van der Waals surface area contributed by atoms with Crippen molar-refractivity contribution in [2.45, 2.75) is 6.61 Å². The monoisotopic (exact) mass is 422 g/mol. The maximum absolute atomic E-state index is 13.5. The number of rotatable bonds is 7. The van der Waals surface area contributed by atoms with Gasteiger partial charge in [-0.1, -0.05) is 42.5 Å². The minimum Gasteiger partial charge on any atom is -0.489 e. The molecule has 0 spiro atoms. The minimum absolute atomic E-state index is 0.0839. The van der Waals surface area contributed by atoms with Crippen molar-refractivity contribution in [2.24, 2.45) is 0 Å². The van der Waals surface area contributed by atoms with Crippen molar-refractivity contribution >= 4 is 23.6 Å². The fourth-order valence-corrected chi connectivity index (χ4v) is 2.52. The first-order chi connectivity index (χ1) is 15.0. The number of carbonyl (C=O) groups is 3. The predicted molar refractivity (Wildman–Crippen MR) is 111 cm³/mol. The summed E-state index contributed by atoms with van der Waals surface area (Å²) in [5.41, 5.74) is 1.14. The van der Waals surface area contributed by atoms with E-state index in [9.17, 15) is 18.8 Å². The van der Waals surface area contributed by atoms with Crippen LogP contribution in [0, 0.1) is 5.82 Å². The number of halogens is 1. The van der Waals surface area contributed by atoms with Crippen LogP contribution in [0.3, 0.4) is 0 Å². The number of urea groups is 1. The van der Waals surface area contributed by atoms with Gasteiger partial charge in [-0.2, -0.15) is 0 Å². The molecule has 0 saturated heterocycles. The first-order valence-electron chi connectivity index (χ1n) is 9.30. The molecule has 2 N–H and O–H groups in total. The maximum Gasteiger partial charge on any atom is 0.338 e. The number of nitrogens with one attached hydrogen (secondary N) is 2. The molecule has 0 bridgehead atoms. The van der Waals surface area contributed by atoms with Crippen molar-refractivity contribution < 1.29 is 28.2 Å². The quantitative estimate of drug-likeness (QED) is 0.563. The van der Waals surface area contributed by atoms with Crippen molar-refractivity contribution in [1.82, 2.24) is 5.32 Å². The van der Waals surface area contributed by atoms with Crippen LogP contribution in [-0.4, -0.2) is 24.5 Å². The summed E-state index contributed by atoms with van der Waals surface area (Å²) in [5, 5.41) is 4.14. The van der Waals surface area contributed by atoms with E-state index < -0.39 is 30.3 Å². The van der Waals surface area contributed by atoms with Crippen LogP contribution in [0.25, 0.3) is 0 Å². The molecule has 0 atom stereocenters. The molecule has 3 aromatic carbocycles. The molecule has 0 heterocycles. The number of carbonyl (C=O) groups excluding carboxylic acids is 3. The second-order valence-electron chi connectivity index (χ2n) is 6.36. The number of esters is 1. The summed E-state index contributed by atoms with van der Waals surface area (Å²) < 4.78 is 24.0. The third-order valence-electron chi connectivity index (χ3n) is 4.05. The van der Waals surface area contributed by atoms with Crippen LogP contribution in [0.2, 0.25) is 0 Å². The van der Waals surface area contributed by atoms with Gasteiger partial charge in [-0.05, 0) is 42.0 Å². The molecule has 3 rings (SSSR count). The first kappa shape index (κ1) is 21.5. The molecule has 0 unspecified atom stereocenters. The predicted octanol–water partition coefficient (Wildman–Crippen LogP) is 3.91. The van der Waals surface area contributed by atoms with Crippen LogP contribution in [0.4, 0.5) is 14.9 Å². The van der Waals surface area contributed by atoms with E-state index in [-0.39, 0.29) is 11.3 Å². The van der Waals surface area contributed by atoms with Crippen LogP contribution in [0.1, 0.15) is 15.9 Å². The Kier molecular flexibility index (Phi) is 7.31. The highest BCUT2D eigenvalue weighted by molar-refractivity contribution is 6.02. The van der Waals surface area contributed by atoms with E-state index in [1.54, 1.807) is 12.1 Å². The van der Waals surface area contributed by atoms with E-state index in [4.69, 9.17) is 9.47 Å². The van der Waals surface area contributed by atoms with Gasteiger partial charge in [0, 0.05) is 0 Å². The average Bonchev–Trinajstić information content (AvgIpc) is 2.78. The van der Waals surface area contributed by atoms with Gasteiger partial charge in [0.25, 0.3) is 5.91 Å². The lowest BCUT2D eigenvalue weighted by atomic mass is 10.2. The zero-order chi connectivity index (χ0) is 22.1. The van der Waals surface area contributed by atoms with Crippen LogP contribution >= 0.6 is 0 Å². The molecule has 0 radical (unpaired) electrons. The summed E-state index contributed by atoms with van der Waals surface area (Å²) in [6.45, 7) is -0.282. The van der Waals surface area contributed by atoms with Gasteiger partial charge in [0.05, 0.1) is 11.3 Å². The number of anilines is 1. The largest absolute Gasteiger partial charge is 0.489 e. The number of benzene rings is 3. The molecule has 0 aliphatic rings. The van der Waals surface area contributed by atoms with Crippen molar-refractivity contribution in [2.75, 3.05) is 11.9 Å². The fraction of sp³-hybridized carbons (Fsp3) is 0.0870. The van der Waals surface area contributed by atoms with E-state index >= 15 is 0 Å². The highest BCUT2D eigenvalue weighted by Gasteiger charge is 2.14. The zero-order valence-corrected chi connectivity index (χ0v) is 16.3. The molecule has 0 aromatic heterocycles. The Morgan fingerprint density at radius 2 is 1.52 bits per heavy atom. The number of para-hydroxylation sites is 1. The highest BCUT2D eigenvalue weighted by Crippen LogP contribution is 2.15. The molecular formula is C23H19FN2O5. The maximum atomic E-state index is 13.5. The molecule has 0 saturated carbocycles. The van der Waals surface area contributed by atoms with Gasteiger partial charge in [0.2, 0.25) is 0 Å². The molecule has 0 fully saturated rings. The molecule has 7 nitrogen and oxygen atoms in total. The third-order valence-corrected chi connectivity index (χ3v) is 4.05. The zero-order valence-electron chi connectivity index (χ0n) is 16.3. The highest BCUT2D eigenvalue weighted by atomic mass is 19.1. The summed E-state index contributed by atoms with van der Waals surface area (Å²) in [6, 6.07) is 20.4. The van der Waals surface area contributed by atoms with E-state index in [0.717, 1.165) is 11.6 Å². The van der Waals surface area contributed by atoms with Crippen LogP contribution in [-0.2, 0) is 16.1 Å². The van der Waals surface area contributed by atoms with Gasteiger partial charge in [-0.25, -0.2) is 14.0 Å². The molecule has 3 amide bonds. The smallest absolute Gasteiger partial charge is 0.338 e. The van der Waals surface area contributed by atoms with E-state index in [2.05, 4.69) is 5.32 Å². The molecule has 8 heteroatoms. The van der Waals surface area contributed by atoms with E-state index in [1.807, 2.05) is 35.6 Å². The molecule has 31 heavy (non-hydrogen) atoms. The lowest BCUT2D eigenvalue weighted by Crippen LogP contribution is -2.37. The third kappa shape index (κ3) is 6.67. The van der Waals surface area contributed by atoms with E-state index in [0.29, 0.717) is 12.4 Å². The second kappa shape index (κ2) is 10.5. The first-order valence-corrected chi connectivity index (χ1v) is 9.30. The van der Waals surface area contributed by atoms with Gasteiger partial charge < -0.3 is 14.8 Å². The number of ether oxygens (including phenoxy) is 2. The Hall–Kier alpha value is -4.20. The van der Waals surface area contributed by atoms with Gasteiger partial charge in [-0.15, -0.1) is 0 Å². The normalized spacial score (nSPS) is 10.1. The summed E-state index contributed by atoms with van der Waals surface area (Å²) in [7, 11) is 0. The molecule has 0 aliphatic heterocycles. The van der Waals surface area contributed by atoms with Crippen molar-refractivity contribution in [1.29, 1.82) is 0 Å². The van der Waals surface area contributed by atoms with Crippen LogP contribution in [0.15, 0.2) is 78.9 Å². The van der Waals surface area contributed by atoms with Crippen molar-refractivity contribution in [3.05, 3.63) is 95.8 Å². The number of hydrogen-bond donors (Lipinski definition) is 2. The second-order valence-corrected chi connectivity index (χ2v) is 6.36. The lowest BCUT2D eigenvalue weighted by molar-refractivity contribution is -0.123. The lowest BCUT2D eigenvalue weighted by Gasteiger charge is -2.09. The summed E-state index contributed by atoms with van der Waals surface area (Å²) in [5.74, 6) is -1.67. The Morgan fingerprint density at radius 3 is 2.23 bits per heavy atom. The van der Waals surface area contributed by atoms with Crippen molar-refractivity contribution in [3.8, 4) is 5.75 Å².